The van der Waals surface area contributed by atoms with Gasteiger partial charge in [-0.15, -0.1) is 0 Å². The monoisotopic (exact) mass is 218 g/mol. The van der Waals surface area contributed by atoms with Gasteiger partial charge in [0.25, 0.3) is 0 Å². The zero-order chi connectivity index (χ0) is 11.4. The number of anilines is 1. The predicted molar refractivity (Wildman–Crippen MR) is 69.9 cm³/mol. The van der Waals surface area contributed by atoms with E-state index in [2.05, 4.69) is 48.3 Å². The van der Waals surface area contributed by atoms with Crippen LogP contribution in [0.2, 0.25) is 0 Å². The quantitative estimate of drug-likeness (QED) is 0.835. The van der Waals surface area contributed by atoms with Gasteiger partial charge < -0.3 is 10.2 Å². The zero-order valence-electron chi connectivity index (χ0n) is 10.4. The second kappa shape index (κ2) is 5.35. The van der Waals surface area contributed by atoms with E-state index in [1.54, 1.807) is 0 Å². The summed E-state index contributed by atoms with van der Waals surface area (Å²) in [4.78, 5) is 2.51. The first-order valence-electron chi connectivity index (χ1n) is 6.37. The van der Waals surface area contributed by atoms with Gasteiger partial charge in [-0.25, -0.2) is 0 Å². The summed E-state index contributed by atoms with van der Waals surface area (Å²) in [6.07, 6.45) is 1.22. The fraction of sp³-hybridized carbons (Fsp3) is 0.571. The Balaban J connectivity index is 1.97. The van der Waals surface area contributed by atoms with Crippen molar-refractivity contribution in [3.63, 3.8) is 0 Å². The molecule has 16 heavy (non-hydrogen) atoms. The van der Waals surface area contributed by atoms with Crippen LogP contribution in [0.3, 0.4) is 0 Å². The molecule has 0 aromatic heterocycles. The van der Waals surface area contributed by atoms with Crippen molar-refractivity contribution in [2.45, 2.75) is 20.3 Å². The molecule has 1 aliphatic rings. The van der Waals surface area contributed by atoms with Gasteiger partial charge in [0, 0.05) is 18.8 Å². The van der Waals surface area contributed by atoms with E-state index in [4.69, 9.17) is 0 Å². The third-order valence-corrected chi connectivity index (χ3v) is 3.52. The van der Waals surface area contributed by atoms with Gasteiger partial charge in [-0.1, -0.05) is 32.0 Å². The Kier molecular flexibility index (Phi) is 3.83. The number of para-hydroxylation sites is 1. The van der Waals surface area contributed by atoms with Crippen LogP contribution in [-0.2, 0) is 6.42 Å². The van der Waals surface area contributed by atoms with Crippen LogP contribution >= 0.6 is 0 Å². The number of fused-ring (bicyclic) bond motifs is 1. The smallest absolute Gasteiger partial charge is 0.0372 e. The standard InChI is InChI=1S/C14H22N2/c1-3-16(4-2)11-12-9-13-7-5-6-8-14(13)15-10-12/h5-8,12,15H,3-4,9-11H2,1-2H3. The fourth-order valence-corrected chi connectivity index (χ4v) is 2.48. The van der Waals surface area contributed by atoms with Crippen LogP contribution < -0.4 is 5.32 Å². The van der Waals surface area contributed by atoms with Gasteiger partial charge in [-0.2, -0.15) is 0 Å². The number of hydrogen-bond donors (Lipinski definition) is 1. The third kappa shape index (κ3) is 2.56. The van der Waals surface area contributed by atoms with Crippen molar-refractivity contribution in [3.05, 3.63) is 29.8 Å². The first-order valence-corrected chi connectivity index (χ1v) is 6.37. The normalized spacial score (nSPS) is 19.3. The molecule has 0 aliphatic carbocycles. The fourth-order valence-electron chi connectivity index (χ4n) is 2.48. The molecule has 1 atom stereocenters. The van der Waals surface area contributed by atoms with Crippen molar-refractivity contribution in [1.29, 1.82) is 0 Å². The van der Waals surface area contributed by atoms with E-state index in [0.717, 1.165) is 25.6 Å². The molecule has 0 fully saturated rings. The summed E-state index contributed by atoms with van der Waals surface area (Å²) in [6.45, 7) is 9.15. The highest BCUT2D eigenvalue weighted by molar-refractivity contribution is 5.53. The van der Waals surface area contributed by atoms with E-state index in [1.807, 2.05) is 0 Å². The maximum absolute atomic E-state index is 3.54. The molecule has 2 heteroatoms. The zero-order valence-corrected chi connectivity index (χ0v) is 10.4. The molecule has 0 bridgehead atoms. The molecule has 1 aliphatic heterocycles. The molecule has 88 valence electrons. The number of benzene rings is 1. The molecule has 0 saturated carbocycles. The SMILES string of the molecule is CCN(CC)CC1CNc2ccccc2C1. The molecule has 2 rings (SSSR count). The molecule has 0 amide bonds. The molecule has 1 unspecified atom stereocenters. The van der Waals surface area contributed by atoms with Gasteiger partial charge >= 0.3 is 0 Å². The Labute approximate surface area is 98.7 Å². The van der Waals surface area contributed by atoms with Crippen molar-refractivity contribution in [2.24, 2.45) is 5.92 Å². The van der Waals surface area contributed by atoms with Gasteiger partial charge in [-0.05, 0) is 37.1 Å². The lowest BCUT2D eigenvalue weighted by Gasteiger charge is -2.30. The Morgan fingerprint density at radius 1 is 1.25 bits per heavy atom. The van der Waals surface area contributed by atoms with Crippen molar-refractivity contribution in [3.8, 4) is 0 Å². The molecular formula is C14H22N2. The molecule has 2 nitrogen and oxygen atoms in total. The Morgan fingerprint density at radius 2 is 2.00 bits per heavy atom. The number of rotatable bonds is 4. The third-order valence-electron chi connectivity index (χ3n) is 3.52. The summed E-state index contributed by atoms with van der Waals surface area (Å²) >= 11 is 0. The summed E-state index contributed by atoms with van der Waals surface area (Å²) in [5, 5.41) is 3.54. The second-order valence-electron chi connectivity index (χ2n) is 4.59. The molecule has 1 aromatic carbocycles. The number of nitrogens with zero attached hydrogens (tertiary/aromatic N) is 1. The Morgan fingerprint density at radius 3 is 2.75 bits per heavy atom. The number of nitrogens with one attached hydrogen (secondary N) is 1. The van der Waals surface area contributed by atoms with E-state index in [0.29, 0.717) is 0 Å². The van der Waals surface area contributed by atoms with E-state index < -0.39 is 0 Å². The Hall–Kier alpha value is -1.02. The van der Waals surface area contributed by atoms with Crippen LogP contribution in [0.5, 0.6) is 0 Å². The molecule has 0 spiro atoms. The van der Waals surface area contributed by atoms with Gasteiger partial charge in [0.1, 0.15) is 0 Å². The van der Waals surface area contributed by atoms with Gasteiger partial charge in [0.15, 0.2) is 0 Å². The lowest BCUT2D eigenvalue weighted by Crippen LogP contribution is -2.35. The summed E-state index contributed by atoms with van der Waals surface area (Å²) in [5.41, 5.74) is 2.81. The molecule has 0 saturated heterocycles. The largest absolute Gasteiger partial charge is 0.384 e. The first kappa shape index (κ1) is 11.5. The lowest BCUT2D eigenvalue weighted by atomic mass is 9.93. The van der Waals surface area contributed by atoms with E-state index >= 15 is 0 Å². The number of hydrogen-bond acceptors (Lipinski definition) is 2. The maximum Gasteiger partial charge on any atom is 0.0372 e. The highest BCUT2D eigenvalue weighted by atomic mass is 15.1. The van der Waals surface area contributed by atoms with Crippen LogP contribution in [0.1, 0.15) is 19.4 Å². The topological polar surface area (TPSA) is 15.3 Å². The Bertz CT molecular complexity index is 331. The van der Waals surface area contributed by atoms with E-state index in [1.165, 1.54) is 24.2 Å². The predicted octanol–water partition coefficient (Wildman–Crippen LogP) is 2.61. The molecular weight excluding hydrogens is 196 g/mol. The second-order valence-corrected chi connectivity index (χ2v) is 4.59. The summed E-state index contributed by atoms with van der Waals surface area (Å²) < 4.78 is 0. The summed E-state index contributed by atoms with van der Waals surface area (Å²) in [7, 11) is 0. The summed E-state index contributed by atoms with van der Waals surface area (Å²) in [6, 6.07) is 8.68. The van der Waals surface area contributed by atoms with E-state index in [9.17, 15) is 0 Å². The molecule has 1 heterocycles. The van der Waals surface area contributed by atoms with Crippen LogP contribution in [0.15, 0.2) is 24.3 Å². The van der Waals surface area contributed by atoms with Crippen LogP contribution in [0.4, 0.5) is 5.69 Å². The van der Waals surface area contributed by atoms with Crippen molar-refractivity contribution in [2.75, 3.05) is 31.5 Å². The van der Waals surface area contributed by atoms with Crippen molar-refractivity contribution >= 4 is 5.69 Å². The van der Waals surface area contributed by atoms with Gasteiger partial charge in [-0.3, -0.25) is 0 Å². The lowest BCUT2D eigenvalue weighted by molar-refractivity contribution is 0.254. The minimum atomic E-state index is 0.759. The van der Waals surface area contributed by atoms with E-state index in [-0.39, 0.29) is 0 Å². The maximum atomic E-state index is 3.54. The molecule has 1 aromatic rings. The average molecular weight is 218 g/mol. The van der Waals surface area contributed by atoms with Crippen LogP contribution in [0.25, 0.3) is 0 Å². The summed E-state index contributed by atoms with van der Waals surface area (Å²) in [5.74, 6) is 0.759. The van der Waals surface area contributed by atoms with Crippen LogP contribution in [-0.4, -0.2) is 31.1 Å². The molecule has 1 N–H and O–H groups in total. The minimum absolute atomic E-state index is 0.759. The van der Waals surface area contributed by atoms with Gasteiger partial charge in [0.05, 0.1) is 0 Å². The highest BCUT2D eigenvalue weighted by Crippen LogP contribution is 2.24. The minimum Gasteiger partial charge on any atom is -0.384 e. The van der Waals surface area contributed by atoms with Crippen LogP contribution in [0, 0.1) is 5.92 Å². The van der Waals surface area contributed by atoms with Gasteiger partial charge in [0.2, 0.25) is 0 Å². The van der Waals surface area contributed by atoms with Crippen molar-refractivity contribution < 1.29 is 0 Å². The average Bonchev–Trinajstić information content (AvgIpc) is 2.35. The van der Waals surface area contributed by atoms with Crippen molar-refractivity contribution in [1.82, 2.24) is 4.90 Å². The first-order chi connectivity index (χ1) is 7.83. The highest BCUT2D eigenvalue weighted by Gasteiger charge is 2.19. The molecule has 0 radical (unpaired) electrons.